The lowest BCUT2D eigenvalue weighted by molar-refractivity contribution is 0.0514. The molecule has 11 heteroatoms. The Morgan fingerprint density at radius 2 is 1.57 bits per heavy atom. The second-order valence-corrected chi connectivity index (χ2v) is 8.52. The number of nitrogens with zero attached hydrogens (tertiary/aromatic N) is 3. The summed E-state index contributed by atoms with van der Waals surface area (Å²) in [5.74, 6) is 0.584. The van der Waals surface area contributed by atoms with Crippen molar-refractivity contribution in [3.05, 3.63) is 54.2 Å². The van der Waals surface area contributed by atoms with Crippen molar-refractivity contribution >= 4 is 41.8 Å². The van der Waals surface area contributed by atoms with Gasteiger partial charge in [0.2, 0.25) is 0 Å². The van der Waals surface area contributed by atoms with Crippen LogP contribution in [0.2, 0.25) is 0 Å². The second kappa shape index (κ2) is 12.4. The highest BCUT2D eigenvalue weighted by Gasteiger charge is 2.27. The predicted octanol–water partition coefficient (Wildman–Crippen LogP) is 4.49. The van der Waals surface area contributed by atoms with Crippen molar-refractivity contribution in [3.8, 4) is 17.1 Å². The number of nitrogens with one attached hydrogen (secondary N) is 2. The highest BCUT2D eigenvalue weighted by molar-refractivity contribution is 7.80. The van der Waals surface area contributed by atoms with Gasteiger partial charge in [-0.3, -0.25) is 0 Å². The summed E-state index contributed by atoms with van der Waals surface area (Å²) in [6.07, 6.45) is 0. The molecule has 3 aromatic rings. The third-order valence-electron chi connectivity index (χ3n) is 5.44. The van der Waals surface area contributed by atoms with Gasteiger partial charge in [0.25, 0.3) is 0 Å². The van der Waals surface area contributed by atoms with Crippen LogP contribution in [0.15, 0.2) is 53.4 Å². The van der Waals surface area contributed by atoms with Crippen LogP contribution in [0.1, 0.15) is 24.3 Å². The monoisotopic (exact) mass is 523 g/mol. The summed E-state index contributed by atoms with van der Waals surface area (Å²) in [4.78, 5) is 37.3. The number of urea groups is 1. The van der Waals surface area contributed by atoms with Gasteiger partial charge in [-0.05, 0) is 62.4 Å². The molecule has 0 bridgehead atoms. The molecule has 2 aromatic carbocycles. The molecule has 10 nitrogen and oxygen atoms in total. The molecule has 2 amide bonds. The highest BCUT2D eigenvalue weighted by atomic mass is 32.1. The number of rotatable bonds is 8. The number of carbonyl (C=O) groups is 2. The van der Waals surface area contributed by atoms with Gasteiger partial charge in [0, 0.05) is 34.9 Å². The minimum absolute atomic E-state index is 0.0732. The maximum atomic E-state index is 12.8. The first-order chi connectivity index (χ1) is 18.0. The molecule has 0 radical (unpaired) electrons. The lowest BCUT2D eigenvalue weighted by Gasteiger charge is -2.29. The summed E-state index contributed by atoms with van der Waals surface area (Å²) >= 11 is 4.24. The van der Waals surface area contributed by atoms with Crippen LogP contribution in [0.5, 0.6) is 5.75 Å². The SMILES string of the molecule is CCOC(=O)c1nc(-c2ccc(NC(=O)Nc3ccc(S)cc3)cc2)nc(N2CCOCC2)c1OCC. The van der Waals surface area contributed by atoms with Gasteiger partial charge in [-0.15, -0.1) is 12.6 Å². The average molecular weight is 524 g/mol. The van der Waals surface area contributed by atoms with E-state index in [1.807, 2.05) is 11.8 Å². The minimum Gasteiger partial charge on any atom is -0.488 e. The number of ether oxygens (including phenoxy) is 3. The van der Waals surface area contributed by atoms with Crippen molar-refractivity contribution < 1.29 is 23.8 Å². The molecule has 1 aliphatic rings. The van der Waals surface area contributed by atoms with E-state index in [0.29, 0.717) is 67.2 Å². The maximum absolute atomic E-state index is 12.8. The number of hydrogen-bond acceptors (Lipinski definition) is 9. The average Bonchev–Trinajstić information content (AvgIpc) is 2.91. The zero-order valence-electron chi connectivity index (χ0n) is 20.7. The molecule has 1 saturated heterocycles. The molecule has 1 aromatic heterocycles. The fourth-order valence-electron chi connectivity index (χ4n) is 3.71. The van der Waals surface area contributed by atoms with E-state index in [9.17, 15) is 9.59 Å². The maximum Gasteiger partial charge on any atom is 0.361 e. The lowest BCUT2D eigenvalue weighted by Crippen LogP contribution is -2.37. The topological polar surface area (TPSA) is 115 Å². The number of esters is 1. The number of benzene rings is 2. The first-order valence-corrected chi connectivity index (χ1v) is 12.4. The molecule has 0 saturated carbocycles. The lowest BCUT2D eigenvalue weighted by atomic mass is 10.2. The van der Waals surface area contributed by atoms with Crippen LogP contribution in [0.25, 0.3) is 11.4 Å². The Kier molecular flexibility index (Phi) is 8.81. The van der Waals surface area contributed by atoms with Crippen LogP contribution in [0, 0.1) is 0 Å². The van der Waals surface area contributed by atoms with Crippen molar-refractivity contribution in [2.75, 3.05) is 55.1 Å². The number of hydrogen-bond donors (Lipinski definition) is 3. The highest BCUT2D eigenvalue weighted by Crippen LogP contribution is 2.33. The third-order valence-corrected chi connectivity index (χ3v) is 5.74. The van der Waals surface area contributed by atoms with E-state index in [4.69, 9.17) is 19.2 Å². The molecule has 0 atom stereocenters. The Balaban J connectivity index is 1.60. The van der Waals surface area contributed by atoms with E-state index in [2.05, 4.69) is 28.2 Å². The van der Waals surface area contributed by atoms with E-state index in [0.717, 1.165) is 4.90 Å². The van der Waals surface area contributed by atoms with E-state index in [1.54, 1.807) is 55.5 Å². The Hall–Kier alpha value is -3.83. The summed E-state index contributed by atoms with van der Waals surface area (Å²) in [6.45, 7) is 6.41. The van der Waals surface area contributed by atoms with Crippen molar-refractivity contribution in [1.29, 1.82) is 0 Å². The molecule has 1 fully saturated rings. The van der Waals surface area contributed by atoms with Crippen molar-refractivity contribution in [3.63, 3.8) is 0 Å². The normalized spacial score (nSPS) is 13.1. The number of carbonyl (C=O) groups excluding carboxylic acids is 2. The molecule has 37 heavy (non-hydrogen) atoms. The summed E-state index contributed by atoms with van der Waals surface area (Å²) in [7, 11) is 0. The first-order valence-electron chi connectivity index (χ1n) is 12.0. The van der Waals surface area contributed by atoms with Gasteiger partial charge in [0.1, 0.15) is 0 Å². The first kappa shape index (κ1) is 26.2. The molecule has 1 aliphatic heterocycles. The number of thiol groups is 1. The van der Waals surface area contributed by atoms with Gasteiger partial charge < -0.3 is 29.7 Å². The molecular formula is C26H29N5O5S. The largest absolute Gasteiger partial charge is 0.488 e. The van der Waals surface area contributed by atoms with Gasteiger partial charge in [-0.2, -0.15) is 0 Å². The second-order valence-electron chi connectivity index (χ2n) is 8.00. The zero-order valence-corrected chi connectivity index (χ0v) is 21.6. The molecule has 4 rings (SSSR count). The van der Waals surface area contributed by atoms with Crippen molar-refractivity contribution in [1.82, 2.24) is 9.97 Å². The Morgan fingerprint density at radius 1 is 0.946 bits per heavy atom. The minimum atomic E-state index is -0.579. The molecule has 0 unspecified atom stereocenters. The van der Waals surface area contributed by atoms with E-state index in [1.165, 1.54) is 0 Å². The summed E-state index contributed by atoms with van der Waals surface area (Å²) < 4.78 is 16.6. The van der Waals surface area contributed by atoms with Crippen molar-refractivity contribution in [2.45, 2.75) is 18.7 Å². The molecule has 194 valence electrons. The van der Waals surface area contributed by atoms with E-state index >= 15 is 0 Å². The summed E-state index contributed by atoms with van der Waals surface area (Å²) in [5.41, 5.74) is 1.97. The Morgan fingerprint density at radius 3 is 2.16 bits per heavy atom. The number of amides is 2. The van der Waals surface area contributed by atoms with Gasteiger partial charge in [0.05, 0.1) is 26.4 Å². The van der Waals surface area contributed by atoms with Gasteiger partial charge in [-0.25, -0.2) is 19.6 Å². The fourth-order valence-corrected chi connectivity index (χ4v) is 3.86. The molecule has 2 heterocycles. The quantitative estimate of drug-likeness (QED) is 0.292. The molecular weight excluding hydrogens is 494 g/mol. The van der Waals surface area contributed by atoms with Crippen LogP contribution < -0.4 is 20.3 Å². The van der Waals surface area contributed by atoms with E-state index < -0.39 is 5.97 Å². The van der Waals surface area contributed by atoms with Crippen LogP contribution in [0.3, 0.4) is 0 Å². The van der Waals surface area contributed by atoms with E-state index in [-0.39, 0.29) is 18.3 Å². The van der Waals surface area contributed by atoms with Crippen LogP contribution in [-0.4, -0.2) is 61.5 Å². The summed E-state index contributed by atoms with van der Waals surface area (Å²) in [5, 5.41) is 5.56. The fraction of sp³-hybridized carbons (Fsp3) is 0.308. The smallest absolute Gasteiger partial charge is 0.361 e. The van der Waals surface area contributed by atoms with Crippen LogP contribution in [-0.2, 0) is 9.47 Å². The number of anilines is 3. The Labute approximate surface area is 220 Å². The standard InChI is InChI=1S/C26H29N5O5S/c1-3-35-22-21(25(32)36-4-2)29-23(30-24(22)31-13-15-34-16-14-31)17-5-7-18(8-6-17)27-26(33)28-19-9-11-20(37)12-10-19/h5-12,37H,3-4,13-16H2,1-2H3,(H2,27,28,33). The predicted molar refractivity (Wildman–Crippen MR) is 144 cm³/mol. The van der Waals surface area contributed by atoms with Crippen LogP contribution in [0.4, 0.5) is 22.0 Å². The van der Waals surface area contributed by atoms with Gasteiger partial charge in [0.15, 0.2) is 23.1 Å². The molecule has 0 aliphatic carbocycles. The third kappa shape index (κ3) is 6.69. The number of morpholine rings is 1. The zero-order chi connectivity index (χ0) is 26.2. The molecule has 0 spiro atoms. The van der Waals surface area contributed by atoms with Gasteiger partial charge >= 0.3 is 12.0 Å². The Bertz CT molecular complexity index is 1230. The molecule has 2 N–H and O–H groups in total. The van der Waals surface area contributed by atoms with Crippen LogP contribution >= 0.6 is 12.6 Å². The van der Waals surface area contributed by atoms with Crippen molar-refractivity contribution in [2.24, 2.45) is 0 Å². The summed E-state index contributed by atoms with van der Waals surface area (Å²) in [6, 6.07) is 13.8. The number of aromatic nitrogens is 2. The van der Waals surface area contributed by atoms with Gasteiger partial charge in [-0.1, -0.05) is 0 Å².